The highest BCUT2D eigenvalue weighted by atomic mass is 35.5. The van der Waals surface area contributed by atoms with E-state index in [1.165, 1.54) is 17.4 Å². The van der Waals surface area contributed by atoms with Gasteiger partial charge in [0.05, 0.1) is 17.1 Å². The van der Waals surface area contributed by atoms with Crippen LogP contribution in [-0.2, 0) is 14.8 Å². The fourth-order valence-electron chi connectivity index (χ4n) is 2.94. The van der Waals surface area contributed by atoms with Crippen molar-refractivity contribution in [1.82, 2.24) is 4.98 Å². The number of carboxylic acid groups (broad SMARTS) is 1. The maximum atomic E-state index is 12.6. The van der Waals surface area contributed by atoms with Crippen LogP contribution in [0.3, 0.4) is 0 Å². The lowest BCUT2D eigenvalue weighted by Gasteiger charge is -2.32. The topological polar surface area (TPSA) is 109 Å². The van der Waals surface area contributed by atoms with E-state index < -0.39 is 22.2 Å². The van der Waals surface area contributed by atoms with Crippen molar-refractivity contribution < 1.29 is 36.2 Å². The first-order chi connectivity index (χ1) is 15.9. The van der Waals surface area contributed by atoms with Gasteiger partial charge in [-0.15, -0.1) is 11.3 Å². The molecule has 0 amide bonds. The summed E-state index contributed by atoms with van der Waals surface area (Å²) in [4.78, 5) is 15.1. The molecule has 2 aromatic carbocycles. The largest absolute Gasteiger partial charge is 0.490 e. The second kappa shape index (κ2) is 10.1. The van der Waals surface area contributed by atoms with E-state index in [2.05, 4.69) is 14.6 Å². The molecule has 0 saturated carbocycles. The van der Waals surface area contributed by atoms with E-state index in [-0.39, 0.29) is 4.90 Å². The molecule has 1 aromatic heterocycles. The number of rotatable bonds is 4. The molecule has 182 valence electrons. The number of carbonyl (C=O) groups is 1. The van der Waals surface area contributed by atoms with Crippen molar-refractivity contribution in [2.75, 3.05) is 22.8 Å². The number of alkyl halides is 3. The molecule has 0 aliphatic carbocycles. The summed E-state index contributed by atoms with van der Waals surface area (Å²) in [6.07, 6.45) is -3.54. The van der Waals surface area contributed by atoms with Crippen LogP contribution in [0, 0.1) is 6.92 Å². The van der Waals surface area contributed by atoms with Crippen molar-refractivity contribution in [3.05, 3.63) is 58.6 Å². The smallest absolute Gasteiger partial charge is 0.489 e. The lowest BCUT2D eigenvalue weighted by molar-refractivity contribution is -0.192. The summed E-state index contributed by atoms with van der Waals surface area (Å²) in [5, 5.41) is 9.80. The zero-order valence-corrected chi connectivity index (χ0v) is 19.7. The molecule has 1 aliphatic heterocycles. The molecule has 0 atom stereocenters. The van der Waals surface area contributed by atoms with E-state index >= 15 is 0 Å². The molecule has 8 nitrogen and oxygen atoms in total. The lowest BCUT2D eigenvalue weighted by atomic mass is 10.1. The predicted molar refractivity (Wildman–Crippen MR) is 122 cm³/mol. The summed E-state index contributed by atoms with van der Waals surface area (Å²) in [5.41, 5.74) is 2.86. The minimum absolute atomic E-state index is 0.126. The van der Waals surface area contributed by atoms with Gasteiger partial charge in [0.2, 0.25) is 0 Å². The first-order valence-corrected chi connectivity index (χ1v) is 12.2. The van der Waals surface area contributed by atoms with Crippen molar-refractivity contribution in [3.8, 4) is 5.75 Å². The maximum absolute atomic E-state index is 12.6. The number of aliphatic carboxylic acids is 1. The van der Waals surface area contributed by atoms with E-state index in [1.807, 2.05) is 25.1 Å². The molecule has 1 aliphatic rings. The first kappa shape index (κ1) is 25.6. The zero-order valence-electron chi connectivity index (χ0n) is 17.3. The number of benzene rings is 2. The number of ether oxygens (including phenoxy) is 1. The van der Waals surface area contributed by atoms with Gasteiger partial charge in [-0.3, -0.25) is 4.72 Å². The number of aryl methyl sites for hydroxylation is 1. The van der Waals surface area contributed by atoms with E-state index in [4.69, 9.17) is 26.2 Å². The van der Waals surface area contributed by atoms with Crippen molar-refractivity contribution in [2.45, 2.75) is 18.0 Å². The molecule has 0 fully saturated rings. The van der Waals surface area contributed by atoms with Crippen LogP contribution in [-0.4, -0.2) is 43.8 Å². The third-order valence-corrected chi connectivity index (χ3v) is 6.85. The average molecular weight is 536 g/mol. The zero-order chi connectivity index (χ0) is 25.1. The summed E-state index contributed by atoms with van der Waals surface area (Å²) in [6.45, 7) is 3.11. The van der Waals surface area contributed by atoms with Crippen molar-refractivity contribution in [2.24, 2.45) is 0 Å². The van der Waals surface area contributed by atoms with Crippen LogP contribution < -0.4 is 14.4 Å². The number of aromatic nitrogens is 1. The van der Waals surface area contributed by atoms with Gasteiger partial charge in [-0.2, -0.15) is 13.2 Å². The van der Waals surface area contributed by atoms with Crippen LogP contribution in [0.1, 0.15) is 5.56 Å². The average Bonchev–Trinajstić information content (AvgIpc) is 3.27. The van der Waals surface area contributed by atoms with Gasteiger partial charge in [-0.25, -0.2) is 18.2 Å². The summed E-state index contributed by atoms with van der Waals surface area (Å²) in [7, 11) is -3.74. The number of thiazole rings is 1. The molecular weight excluding hydrogens is 519 g/mol. The van der Waals surface area contributed by atoms with Gasteiger partial charge in [0, 0.05) is 28.4 Å². The highest BCUT2D eigenvalue weighted by molar-refractivity contribution is 7.93. The van der Waals surface area contributed by atoms with E-state index in [0.29, 0.717) is 29.1 Å². The number of nitrogens with zero attached hydrogens (tertiary/aromatic N) is 2. The standard InChI is InChI=1S/C18H16ClN3O3S2.C2HF3O2/c1-12-2-3-13(19)10-16(12)22-7-8-25-17-11-14(4-5-15(17)22)27(23,24)21-18-20-6-9-26-18;3-2(4,5)1(6)7/h2-6,9-11H,7-8H2,1H3,(H,20,21);(H,6,7). The van der Waals surface area contributed by atoms with Crippen molar-refractivity contribution in [1.29, 1.82) is 0 Å². The molecule has 2 heterocycles. The molecular formula is C20H17ClF3N3O5S2. The lowest BCUT2D eigenvalue weighted by Crippen LogP contribution is -2.29. The summed E-state index contributed by atoms with van der Waals surface area (Å²) < 4.78 is 65.2. The quantitative estimate of drug-likeness (QED) is 0.480. The van der Waals surface area contributed by atoms with Crippen LogP contribution in [0.25, 0.3) is 0 Å². The maximum Gasteiger partial charge on any atom is 0.490 e. The van der Waals surface area contributed by atoms with E-state index in [0.717, 1.165) is 16.9 Å². The Morgan fingerprint density at radius 1 is 1.24 bits per heavy atom. The molecule has 34 heavy (non-hydrogen) atoms. The number of sulfonamides is 1. The van der Waals surface area contributed by atoms with Gasteiger partial charge in [0.1, 0.15) is 12.4 Å². The fraction of sp³-hybridized carbons (Fsp3) is 0.200. The Bertz CT molecular complexity index is 1290. The van der Waals surface area contributed by atoms with Crippen LogP contribution >= 0.6 is 22.9 Å². The number of halogens is 4. The monoisotopic (exact) mass is 535 g/mol. The highest BCUT2D eigenvalue weighted by Crippen LogP contribution is 2.40. The van der Waals surface area contributed by atoms with Crippen LogP contribution in [0.15, 0.2) is 52.9 Å². The minimum Gasteiger partial charge on any atom is -0.489 e. The van der Waals surface area contributed by atoms with Gasteiger partial charge >= 0.3 is 12.1 Å². The Morgan fingerprint density at radius 3 is 2.56 bits per heavy atom. The van der Waals surface area contributed by atoms with Gasteiger partial charge < -0.3 is 14.7 Å². The number of nitrogens with one attached hydrogen (secondary N) is 1. The molecule has 0 spiro atoms. The van der Waals surface area contributed by atoms with Crippen LogP contribution in [0.5, 0.6) is 5.75 Å². The van der Waals surface area contributed by atoms with Gasteiger partial charge in [-0.05, 0) is 36.8 Å². The third-order valence-electron chi connectivity index (χ3n) is 4.46. The SMILES string of the molecule is Cc1ccc(Cl)cc1N1CCOc2cc(S(=O)(=O)Nc3nccs3)ccc21.O=C(O)C(F)(F)F. The van der Waals surface area contributed by atoms with Crippen LogP contribution in [0.2, 0.25) is 5.02 Å². The fourth-order valence-corrected chi connectivity index (χ4v) is 4.91. The first-order valence-electron chi connectivity index (χ1n) is 9.41. The third kappa shape index (κ3) is 6.10. The number of hydrogen-bond acceptors (Lipinski definition) is 7. The molecule has 2 N–H and O–H groups in total. The molecule has 14 heteroatoms. The molecule has 4 rings (SSSR count). The van der Waals surface area contributed by atoms with E-state index in [9.17, 15) is 21.6 Å². The summed E-state index contributed by atoms with van der Waals surface area (Å²) in [5.74, 6) is -2.24. The van der Waals surface area contributed by atoms with Gasteiger partial charge in [-0.1, -0.05) is 17.7 Å². The number of anilines is 3. The number of fused-ring (bicyclic) bond motifs is 1. The number of hydrogen-bond donors (Lipinski definition) is 2. The number of carboxylic acids is 1. The molecule has 0 unspecified atom stereocenters. The normalized spacial score (nSPS) is 13.3. The van der Waals surface area contributed by atoms with E-state index in [1.54, 1.807) is 23.7 Å². The Kier molecular flexibility index (Phi) is 7.58. The Morgan fingerprint density at radius 2 is 1.94 bits per heavy atom. The summed E-state index contributed by atoms with van der Waals surface area (Å²) in [6, 6.07) is 10.6. The predicted octanol–water partition coefficient (Wildman–Crippen LogP) is 5.07. The minimum atomic E-state index is -5.08. The Labute approximate surface area is 201 Å². The van der Waals surface area contributed by atoms with Crippen molar-refractivity contribution in [3.63, 3.8) is 0 Å². The van der Waals surface area contributed by atoms with Gasteiger partial charge in [0.25, 0.3) is 10.0 Å². The van der Waals surface area contributed by atoms with Crippen LogP contribution in [0.4, 0.5) is 29.7 Å². The molecule has 0 bridgehead atoms. The summed E-state index contributed by atoms with van der Waals surface area (Å²) >= 11 is 7.39. The Hall–Kier alpha value is -3.03. The molecule has 3 aromatic rings. The second-order valence-corrected chi connectivity index (χ2v) is 9.82. The molecule has 0 radical (unpaired) electrons. The van der Waals surface area contributed by atoms with Crippen molar-refractivity contribution >= 4 is 55.4 Å². The Balaban J connectivity index is 0.000000406. The highest BCUT2D eigenvalue weighted by Gasteiger charge is 2.38. The molecule has 0 saturated heterocycles. The second-order valence-electron chi connectivity index (χ2n) is 6.81. The van der Waals surface area contributed by atoms with Gasteiger partial charge in [0.15, 0.2) is 5.13 Å².